The first-order chi connectivity index (χ1) is 10.6. The van der Waals surface area contributed by atoms with Gasteiger partial charge in [0.25, 0.3) is 0 Å². The summed E-state index contributed by atoms with van der Waals surface area (Å²) >= 11 is 3.03. The molecule has 7 heteroatoms. The van der Waals surface area contributed by atoms with E-state index in [0.717, 1.165) is 33.6 Å². The Balaban J connectivity index is 2.05. The summed E-state index contributed by atoms with van der Waals surface area (Å²) in [6.45, 7) is 3.76. The lowest BCUT2D eigenvalue weighted by Crippen LogP contribution is -2.13. The minimum absolute atomic E-state index is 0.102. The Labute approximate surface area is 136 Å². The number of carbonyl (C=O) groups excluding carboxylic acids is 2. The fourth-order valence-electron chi connectivity index (χ4n) is 2.71. The number of hydrogen-bond acceptors (Lipinski definition) is 7. The van der Waals surface area contributed by atoms with Gasteiger partial charge in [0.1, 0.15) is 22.0 Å². The van der Waals surface area contributed by atoms with E-state index in [-0.39, 0.29) is 17.7 Å². The number of ketones is 1. The van der Waals surface area contributed by atoms with E-state index in [1.165, 1.54) is 23.0 Å². The highest BCUT2D eigenvalue weighted by Crippen LogP contribution is 2.46. The van der Waals surface area contributed by atoms with Crippen molar-refractivity contribution in [2.75, 3.05) is 12.4 Å². The summed E-state index contributed by atoms with van der Waals surface area (Å²) in [5, 5.41) is 1.72. The van der Waals surface area contributed by atoms with E-state index in [9.17, 15) is 9.59 Å². The first-order valence-electron chi connectivity index (χ1n) is 7.17. The van der Waals surface area contributed by atoms with Crippen LogP contribution in [0.15, 0.2) is 11.4 Å². The molecule has 1 aliphatic rings. The zero-order valence-corrected chi connectivity index (χ0v) is 14.1. The molecular formula is C15H16N2O3S2. The van der Waals surface area contributed by atoms with Gasteiger partial charge in [-0.25, -0.2) is 9.97 Å². The second-order valence-corrected chi connectivity index (χ2v) is 7.18. The molecule has 22 heavy (non-hydrogen) atoms. The number of nitrogens with zero attached hydrogens (tertiary/aromatic N) is 2. The molecule has 2 aromatic heterocycles. The van der Waals surface area contributed by atoms with Gasteiger partial charge in [-0.05, 0) is 32.3 Å². The molecular weight excluding hydrogens is 320 g/mol. The lowest BCUT2D eigenvalue weighted by Gasteiger charge is -2.11. The van der Waals surface area contributed by atoms with E-state index in [1.54, 1.807) is 18.3 Å². The summed E-state index contributed by atoms with van der Waals surface area (Å²) in [4.78, 5) is 34.2. The van der Waals surface area contributed by atoms with Crippen molar-refractivity contribution in [3.8, 4) is 0 Å². The summed E-state index contributed by atoms with van der Waals surface area (Å²) in [6, 6.07) is 0. The lowest BCUT2D eigenvalue weighted by molar-refractivity contribution is -0.144. The predicted octanol–water partition coefficient (Wildman–Crippen LogP) is 2.97. The van der Waals surface area contributed by atoms with Gasteiger partial charge in [-0.2, -0.15) is 0 Å². The predicted molar refractivity (Wildman–Crippen MR) is 86.5 cm³/mol. The third kappa shape index (κ3) is 2.75. The van der Waals surface area contributed by atoms with E-state index < -0.39 is 0 Å². The summed E-state index contributed by atoms with van der Waals surface area (Å²) in [5.74, 6) is 0.0742. The quantitative estimate of drug-likeness (QED) is 0.475. The molecule has 0 aliphatic heterocycles. The molecule has 2 heterocycles. The van der Waals surface area contributed by atoms with Crippen LogP contribution in [0.1, 0.15) is 36.6 Å². The van der Waals surface area contributed by atoms with Crippen LogP contribution in [0, 0.1) is 0 Å². The number of esters is 1. The van der Waals surface area contributed by atoms with Gasteiger partial charge in [-0.1, -0.05) is 11.8 Å². The standard InChI is InChI=1S/C15H16N2O3S2/c1-3-20-15(19)9-4-5-10-11(9)12-13(21-6-8(2)18)16-7-17-14(12)22-10/h7,9H,3-6H2,1-2H3/t9-/m1/s1. The average molecular weight is 336 g/mol. The van der Waals surface area contributed by atoms with Crippen LogP contribution in [0.3, 0.4) is 0 Å². The molecule has 0 aromatic carbocycles. The van der Waals surface area contributed by atoms with Gasteiger partial charge in [0.15, 0.2) is 0 Å². The molecule has 1 atom stereocenters. The Morgan fingerprint density at radius 2 is 2.27 bits per heavy atom. The summed E-state index contributed by atoms with van der Waals surface area (Å²) in [5.41, 5.74) is 1.02. The Morgan fingerprint density at radius 3 is 3.00 bits per heavy atom. The van der Waals surface area contributed by atoms with Crippen molar-refractivity contribution < 1.29 is 14.3 Å². The Kier molecular flexibility index (Phi) is 4.44. The van der Waals surface area contributed by atoms with Crippen molar-refractivity contribution in [1.82, 2.24) is 9.97 Å². The molecule has 0 saturated heterocycles. The molecule has 0 N–H and O–H groups in total. The molecule has 0 amide bonds. The number of hydrogen-bond donors (Lipinski definition) is 0. The molecule has 0 spiro atoms. The monoisotopic (exact) mass is 336 g/mol. The normalized spacial score (nSPS) is 16.7. The highest BCUT2D eigenvalue weighted by molar-refractivity contribution is 8.00. The number of aromatic nitrogens is 2. The van der Waals surface area contributed by atoms with Gasteiger partial charge in [-0.3, -0.25) is 9.59 Å². The summed E-state index contributed by atoms with van der Waals surface area (Å²) in [7, 11) is 0. The highest BCUT2D eigenvalue weighted by Gasteiger charge is 2.35. The second kappa shape index (κ2) is 6.34. The largest absolute Gasteiger partial charge is 0.466 e. The van der Waals surface area contributed by atoms with Crippen molar-refractivity contribution in [1.29, 1.82) is 0 Å². The van der Waals surface area contributed by atoms with Gasteiger partial charge in [0, 0.05) is 10.3 Å². The lowest BCUT2D eigenvalue weighted by atomic mass is 10.0. The second-order valence-electron chi connectivity index (χ2n) is 5.13. The van der Waals surface area contributed by atoms with Gasteiger partial charge in [0.05, 0.1) is 18.3 Å². The van der Waals surface area contributed by atoms with Gasteiger partial charge >= 0.3 is 5.97 Å². The topological polar surface area (TPSA) is 69.2 Å². The minimum Gasteiger partial charge on any atom is -0.466 e. The molecule has 1 aliphatic carbocycles. The number of aryl methyl sites for hydroxylation is 1. The molecule has 2 aromatic rings. The number of thioether (sulfide) groups is 1. The van der Waals surface area contributed by atoms with Crippen molar-refractivity contribution >= 4 is 45.1 Å². The van der Waals surface area contributed by atoms with E-state index in [0.29, 0.717) is 12.4 Å². The Morgan fingerprint density at radius 1 is 1.45 bits per heavy atom. The fourth-order valence-corrected chi connectivity index (χ4v) is 4.80. The molecule has 0 fully saturated rings. The smallest absolute Gasteiger partial charge is 0.313 e. The number of ether oxygens (including phenoxy) is 1. The van der Waals surface area contributed by atoms with Crippen LogP contribution in [0.5, 0.6) is 0 Å². The Hall–Kier alpha value is -1.47. The van der Waals surface area contributed by atoms with E-state index in [2.05, 4.69) is 9.97 Å². The number of carbonyl (C=O) groups is 2. The maximum atomic E-state index is 12.2. The molecule has 0 bridgehead atoms. The molecule has 5 nitrogen and oxygen atoms in total. The third-order valence-corrected chi connectivity index (χ3v) is 5.87. The van der Waals surface area contributed by atoms with Gasteiger partial charge in [0.2, 0.25) is 0 Å². The molecule has 3 rings (SSSR count). The zero-order valence-electron chi connectivity index (χ0n) is 12.4. The van der Waals surface area contributed by atoms with Crippen LogP contribution in [-0.4, -0.2) is 34.1 Å². The molecule has 0 radical (unpaired) electrons. The average Bonchev–Trinajstić information content (AvgIpc) is 3.03. The van der Waals surface area contributed by atoms with Crippen LogP contribution in [-0.2, 0) is 20.7 Å². The zero-order chi connectivity index (χ0) is 15.7. The summed E-state index contributed by atoms with van der Waals surface area (Å²) < 4.78 is 5.20. The first-order valence-corrected chi connectivity index (χ1v) is 8.97. The van der Waals surface area contributed by atoms with Crippen LogP contribution >= 0.6 is 23.1 Å². The SMILES string of the molecule is CCOC(=O)[C@@H]1CCc2sc3ncnc(SCC(C)=O)c3c21. The van der Waals surface area contributed by atoms with E-state index in [1.807, 2.05) is 6.92 Å². The summed E-state index contributed by atoms with van der Waals surface area (Å²) in [6.07, 6.45) is 3.17. The number of Topliss-reactive ketones (excluding diaryl/α,β-unsaturated/α-hetero) is 1. The molecule has 0 saturated carbocycles. The van der Waals surface area contributed by atoms with Crippen molar-refractivity contribution in [3.05, 3.63) is 16.8 Å². The van der Waals surface area contributed by atoms with Crippen molar-refractivity contribution in [2.24, 2.45) is 0 Å². The number of thiophene rings is 1. The molecule has 0 unspecified atom stereocenters. The maximum Gasteiger partial charge on any atom is 0.313 e. The fraction of sp³-hybridized carbons (Fsp3) is 0.467. The minimum atomic E-state index is -0.230. The maximum absolute atomic E-state index is 12.2. The van der Waals surface area contributed by atoms with E-state index in [4.69, 9.17) is 4.74 Å². The van der Waals surface area contributed by atoms with Gasteiger partial charge < -0.3 is 4.74 Å². The van der Waals surface area contributed by atoms with E-state index >= 15 is 0 Å². The van der Waals surface area contributed by atoms with Gasteiger partial charge in [-0.15, -0.1) is 11.3 Å². The van der Waals surface area contributed by atoms with Crippen molar-refractivity contribution in [3.63, 3.8) is 0 Å². The number of fused-ring (bicyclic) bond motifs is 3. The van der Waals surface area contributed by atoms with Crippen LogP contribution in [0.25, 0.3) is 10.2 Å². The Bertz CT molecular complexity index is 742. The third-order valence-electron chi connectivity index (χ3n) is 3.56. The van der Waals surface area contributed by atoms with Crippen LogP contribution < -0.4 is 0 Å². The van der Waals surface area contributed by atoms with Crippen LogP contribution in [0.2, 0.25) is 0 Å². The first kappa shape index (κ1) is 15.4. The highest BCUT2D eigenvalue weighted by atomic mass is 32.2. The van der Waals surface area contributed by atoms with Crippen LogP contribution in [0.4, 0.5) is 0 Å². The number of rotatable bonds is 5. The molecule has 116 valence electrons. The van der Waals surface area contributed by atoms with Crippen molar-refractivity contribution in [2.45, 2.75) is 37.6 Å².